The van der Waals surface area contributed by atoms with E-state index in [9.17, 15) is 21.6 Å². The van der Waals surface area contributed by atoms with Crippen LogP contribution in [-0.4, -0.2) is 76.3 Å². The topological polar surface area (TPSA) is 70.1 Å². The average Bonchev–Trinajstić information content (AvgIpc) is 2.77. The monoisotopic (exact) mass is 494 g/mol. The van der Waals surface area contributed by atoms with Crippen LogP contribution in [0.2, 0.25) is 0 Å². The molecule has 0 saturated heterocycles. The van der Waals surface area contributed by atoms with Crippen molar-refractivity contribution < 1.29 is 31.4 Å². The maximum absolute atomic E-state index is 12.7. The molecule has 10 heteroatoms. The zero-order valence-corrected chi connectivity index (χ0v) is 20.4. The molecule has 0 radical (unpaired) electrons. The van der Waals surface area contributed by atoms with Crippen molar-refractivity contribution in [3.8, 4) is 0 Å². The molecule has 0 heterocycles. The van der Waals surface area contributed by atoms with Crippen molar-refractivity contribution in [3.05, 3.63) is 29.8 Å². The smallest absolute Gasteiger partial charge is 0.395 e. The molecule has 0 amide bonds. The highest BCUT2D eigenvalue weighted by molar-refractivity contribution is 7.89. The molecule has 1 aliphatic rings. The number of rotatable bonds is 13. The largest absolute Gasteiger partial charge is 0.416 e. The molecule has 1 N–H and O–H groups in total. The average molecular weight is 495 g/mol. The number of hydrogen-bond acceptors (Lipinski definition) is 5. The number of benzene rings is 1. The van der Waals surface area contributed by atoms with Gasteiger partial charge in [0.15, 0.2) is 0 Å². The van der Waals surface area contributed by atoms with Crippen LogP contribution in [0.4, 0.5) is 13.2 Å². The quantitative estimate of drug-likeness (QED) is 0.422. The van der Waals surface area contributed by atoms with Crippen molar-refractivity contribution in [2.45, 2.75) is 49.6 Å². The standard InChI is InChI=1S/C23H37F3N2O4S/c1-27(14-15-29)13-3-4-16-32-18-20-7-5-19(6-8-20)17-28(2)33(30,31)22-11-9-21(10-12-22)23(24,25)26/h9-12,19-20,29H,3-8,13-18H2,1-2H3. The van der Waals surface area contributed by atoms with Crippen molar-refractivity contribution in [3.63, 3.8) is 0 Å². The highest BCUT2D eigenvalue weighted by Crippen LogP contribution is 2.32. The van der Waals surface area contributed by atoms with Gasteiger partial charge in [0.05, 0.1) is 17.1 Å². The minimum atomic E-state index is -4.49. The van der Waals surface area contributed by atoms with Crippen molar-refractivity contribution >= 4 is 10.0 Å². The Morgan fingerprint density at radius 1 is 1.00 bits per heavy atom. The van der Waals surface area contributed by atoms with Crippen molar-refractivity contribution in [2.75, 3.05) is 53.6 Å². The SMILES string of the molecule is CN(CCO)CCCCOCC1CCC(CN(C)S(=O)(=O)c2ccc(C(F)(F)F)cc2)CC1. The third-order valence-electron chi connectivity index (χ3n) is 6.29. The Bertz CT molecular complexity index is 795. The first-order valence-corrected chi connectivity index (χ1v) is 13.0. The van der Waals surface area contributed by atoms with Gasteiger partial charge in [0.1, 0.15) is 0 Å². The summed E-state index contributed by atoms with van der Waals surface area (Å²) in [5.74, 6) is 0.715. The molecule has 0 unspecified atom stereocenters. The van der Waals surface area contributed by atoms with Crippen LogP contribution >= 0.6 is 0 Å². The maximum Gasteiger partial charge on any atom is 0.416 e. The normalized spacial score (nSPS) is 20.0. The summed E-state index contributed by atoms with van der Waals surface area (Å²) >= 11 is 0. The molecular weight excluding hydrogens is 457 g/mol. The van der Waals surface area contributed by atoms with Gasteiger partial charge in [0.25, 0.3) is 0 Å². The number of nitrogens with zero attached hydrogens (tertiary/aromatic N) is 2. The number of ether oxygens (including phenoxy) is 1. The fraction of sp³-hybridized carbons (Fsp3) is 0.739. The van der Waals surface area contributed by atoms with Gasteiger partial charge in [0, 0.05) is 33.4 Å². The van der Waals surface area contributed by atoms with E-state index in [1.165, 1.54) is 11.4 Å². The Morgan fingerprint density at radius 2 is 1.61 bits per heavy atom. The van der Waals surface area contributed by atoms with Gasteiger partial charge in [0.2, 0.25) is 10.0 Å². The first-order valence-electron chi connectivity index (χ1n) is 11.5. The maximum atomic E-state index is 12.7. The zero-order valence-electron chi connectivity index (χ0n) is 19.6. The van der Waals surface area contributed by atoms with E-state index >= 15 is 0 Å². The second kappa shape index (κ2) is 13.0. The summed E-state index contributed by atoms with van der Waals surface area (Å²) in [4.78, 5) is 1.97. The summed E-state index contributed by atoms with van der Waals surface area (Å²) in [7, 11) is -0.349. The number of hydrogen-bond donors (Lipinski definition) is 1. The van der Waals surface area contributed by atoms with E-state index in [4.69, 9.17) is 9.84 Å². The van der Waals surface area contributed by atoms with E-state index in [-0.39, 0.29) is 17.4 Å². The third kappa shape index (κ3) is 9.16. The lowest BCUT2D eigenvalue weighted by atomic mass is 9.82. The summed E-state index contributed by atoms with van der Waals surface area (Å²) in [5.41, 5.74) is -0.862. The molecule has 0 aromatic heterocycles. The van der Waals surface area contributed by atoms with Crippen molar-refractivity contribution in [2.24, 2.45) is 11.8 Å². The molecule has 1 aromatic rings. The Hall–Kier alpha value is -1.20. The fourth-order valence-electron chi connectivity index (χ4n) is 4.16. The number of aliphatic hydroxyl groups excluding tert-OH is 1. The lowest BCUT2D eigenvalue weighted by Crippen LogP contribution is -2.34. The second-order valence-electron chi connectivity index (χ2n) is 9.00. The summed E-state index contributed by atoms with van der Waals surface area (Å²) in [5, 5.41) is 8.88. The first kappa shape index (κ1) is 28.0. The molecule has 1 aromatic carbocycles. The van der Waals surface area contributed by atoms with Gasteiger partial charge in [-0.15, -0.1) is 0 Å². The number of aliphatic hydroxyl groups is 1. The van der Waals surface area contributed by atoms with E-state index in [1.54, 1.807) is 0 Å². The number of halogens is 3. The molecule has 0 bridgehead atoms. The van der Waals surface area contributed by atoms with Crippen LogP contribution in [0.5, 0.6) is 0 Å². The van der Waals surface area contributed by atoms with Crippen LogP contribution in [0.25, 0.3) is 0 Å². The van der Waals surface area contributed by atoms with Crippen LogP contribution in [0.3, 0.4) is 0 Å². The van der Waals surface area contributed by atoms with Gasteiger partial charge in [-0.25, -0.2) is 12.7 Å². The highest BCUT2D eigenvalue weighted by Gasteiger charge is 2.32. The summed E-state index contributed by atoms with van der Waals surface area (Å²) in [6.45, 7) is 3.60. The van der Waals surface area contributed by atoms with Crippen LogP contribution in [0.1, 0.15) is 44.1 Å². The van der Waals surface area contributed by atoms with E-state index in [0.29, 0.717) is 19.0 Å². The summed E-state index contributed by atoms with van der Waals surface area (Å²) in [6.07, 6.45) is 1.31. The number of sulfonamides is 1. The molecule has 0 aliphatic heterocycles. The number of unbranched alkanes of at least 4 members (excludes halogenated alkanes) is 1. The van der Waals surface area contributed by atoms with E-state index in [0.717, 1.165) is 82.5 Å². The predicted molar refractivity (Wildman–Crippen MR) is 121 cm³/mol. The van der Waals surface area contributed by atoms with E-state index < -0.39 is 21.8 Å². The summed E-state index contributed by atoms with van der Waals surface area (Å²) < 4.78 is 70.7. The Morgan fingerprint density at radius 3 is 2.18 bits per heavy atom. The van der Waals surface area contributed by atoms with Gasteiger partial charge in [-0.2, -0.15) is 13.2 Å². The Kier molecular flexibility index (Phi) is 11.1. The summed E-state index contributed by atoms with van der Waals surface area (Å²) in [6, 6.07) is 3.65. The van der Waals surface area contributed by atoms with Gasteiger partial charge in [-0.05, 0) is 88.2 Å². The minimum absolute atomic E-state index is 0.123. The van der Waals surface area contributed by atoms with Crippen LogP contribution < -0.4 is 0 Å². The van der Waals surface area contributed by atoms with Crippen LogP contribution in [0, 0.1) is 11.8 Å². The molecule has 2 rings (SSSR count). The van der Waals surface area contributed by atoms with Crippen LogP contribution in [0.15, 0.2) is 29.2 Å². The lowest BCUT2D eigenvalue weighted by molar-refractivity contribution is -0.137. The Balaban J connectivity index is 1.69. The molecular formula is C23H37F3N2O4S. The molecule has 190 valence electrons. The van der Waals surface area contributed by atoms with Gasteiger partial charge in [-0.3, -0.25) is 0 Å². The van der Waals surface area contributed by atoms with Crippen molar-refractivity contribution in [1.29, 1.82) is 0 Å². The first-order chi connectivity index (χ1) is 15.5. The lowest BCUT2D eigenvalue weighted by Gasteiger charge is -2.31. The molecule has 1 aliphatic carbocycles. The zero-order chi connectivity index (χ0) is 24.5. The van der Waals surface area contributed by atoms with E-state index in [1.807, 2.05) is 7.05 Å². The predicted octanol–water partition coefficient (Wildman–Crippen LogP) is 3.85. The Labute approximate surface area is 195 Å². The van der Waals surface area contributed by atoms with Gasteiger partial charge >= 0.3 is 6.18 Å². The molecule has 0 spiro atoms. The molecule has 6 nitrogen and oxygen atoms in total. The number of alkyl halides is 3. The van der Waals surface area contributed by atoms with Crippen LogP contribution in [-0.2, 0) is 20.9 Å². The fourth-order valence-corrected chi connectivity index (χ4v) is 5.40. The second-order valence-corrected chi connectivity index (χ2v) is 11.0. The molecule has 1 fully saturated rings. The van der Waals surface area contributed by atoms with Gasteiger partial charge < -0.3 is 14.7 Å². The molecule has 0 atom stereocenters. The minimum Gasteiger partial charge on any atom is -0.395 e. The third-order valence-corrected chi connectivity index (χ3v) is 8.12. The number of likely N-dealkylation sites (N-methyl/N-ethyl adjacent to an activating group) is 1. The highest BCUT2D eigenvalue weighted by atomic mass is 32.2. The van der Waals surface area contributed by atoms with Crippen molar-refractivity contribution in [1.82, 2.24) is 9.21 Å². The van der Waals surface area contributed by atoms with E-state index in [2.05, 4.69) is 4.90 Å². The molecule has 1 saturated carbocycles. The van der Waals surface area contributed by atoms with Gasteiger partial charge in [-0.1, -0.05) is 0 Å². The molecule has 33 heavy (non-hydrogen) atoms.